The van der Waals surface area contributed by atoms with Gasteiger partial charge in [-0.1, -0.05) is 0 Å². The van der Waals surface area contributed by atoms with E-state index in [1.807, 2.05) is 0 Å². The first kappa shape index (κ1) is 12.1. The number of aromatic nitrogens is 2. The van der Waals surface area contributed by atoms with Gasteiger partial charge in [0.25, 0.3) is 5.91 Å². The highest BCUT2D eigenvalue weighted by Crippen LogP contribution is 2.35. The Morgan fingerprint density at radius 3 is 2.41 bits per heavy atom. The molecule has 0 saturated heterocycles. The Morgan fingerprint density at radius 1 is 1.35 bits per heavy atom. The third-order valence-corrected chi connectivity index (χ3v) is 3.61. The summed E-state index contributed by atoms with van der Waals surface area (Å²) in [5.41, 5.74) is 4.70. The molecule has 1 amide bonds. The van der Waals surface area contributed by atoms with E-state index in [1.165, 1.54) is 0 Å². The molecule has 2 aromatic rings. The summed E-state index contributed by atoms with van der Waals surface area (Å²) in [5, 5.41) is -0.0255. The van der Waals surface area contributed by atoms with Gasteiger partial charge in [0.15, 0.2) is 16.6 Å². The quantitative estimate of drug-likeness (QED) is 0.923. The number of carbonyl (C=O) groups excluding carboxylic acids is 1. The first-order valence-corrected chi connectivity index (χ1v) is 5.87. The summed E-state index contributed by atoms with van der Waals surface area (Å²) in [6, 6.07) is 0. The van der Waals surface area contributed by atoms with Crippen LogP contribution in [0.2, 0.25) is 0 Å². The molecule has 88 valence electrons. The normalized spacial score (nSPS) is 10.5. The lowest BCUT2D eigenvalue weighted by Crippen LogP contribution is -2.10. The molecule has 0 aliphatic heterocycles. The predicted molar refractivity (Wildman–Crippen MR) is 61.5 cm³/mol. The van der Waals surface area contributed by atoms with Crippen LogP contribution in [0.15, 0.2) is 16.2 Å². The number of hydrogen-bond acceptors (Lipinski definition) is 4. The zero-order chi connectivity index (χ0) is 12.6. The van der Waals surface area contributed by atoms with E-state index >= 15 is 0 Å². The van der Waals surface area contributed by atoms with Gasteiger partial charge in [-0.05, 0) is 15.9 Å². The summed E-state index contributed by atoms with van der Waals surface area (Å²) in [6.07, 6.45) is 1.74. The Labute approximate surface area is 107 Å². The lowest BCUT2D eigenvalue weighted by molar-refractivity contribution is 0.1000. The molecule has 0 radical (unpaired) electrons. The van der Waals surface area contributed by atoms with Gasteiger partial charge in [-0.25, -0.2) is 13.8 Å². The molecule has 4 nitrogen and oxygen atoms in total. The molecule has 17 heavy (non-hydrogen) atoms. The highest BCUT2D eigenvalue weighted by Gasteiger charge is 2.20. The third-order valence-electron chi connectivity index (χ3n) is 1.89. The van der Waals surface area contributed by atoms with Crippen molar-refractivity contribution in [3.05, 3.63) is 32.8 Å². The molecular weight excluding hydrogens is 316 g/mol. The summed E-state index contributed by atoms with van der Waals surface area (Å²) < 4.78 is 27.2. The first-order chi connectivity index (χ1) is 8.00. The fraction of sp³-hybridized carbons (Fsp3) is 0. The molecule has 0 aliphatic carbocycles. The minimum Gasteiger partial charge on any atom is -0.364 e. The number of thiazole rings is 1. The molecule has 2 N–H and O–H groups in total. The number of carbonyl (C=O) groups is 1. The SMILES string of the molecule is NC(=O)c1nc(-c2c(F)cncc2F)c(Br)s1. The highest BCUT2D eigenvalue weighted by molar-refractivity contribution is 9.11. The Morgan fingerprint density at radius 2 is 1.94 bits per heavy atom. The van der Waals surface area contributed by atoms with E-state index in [4.69, 9.17) is 5.73 Å². The minimum atomic E-state index is -0.855. The molecule has 0 aliphatic rings. The number of hydrogen-bond donors (Lipinski definition) is 1. The minimum absolute atomic E-state index is 0.00111. The molecular formula is C9H4BrF2N3OS. The molecule has 0 unspecified atom stereocenters. The zero-order valence-electron chi connectivity index (χ0n) is 8.08. The molecule has 8 heteroatoms. The number of halogens is 3. The molecule has 0 atom stereocenters. The Kier molecular flexibility index (Phi) is 3.16. The van der Waals surface area contributed by atoms with Crippen LogP contribution in [0.25, 0.3) is 11.3 Å². The van der Waals surface area contributed by atoms with Gasteiger partial charge >= 0.3 is 0 Å². The Hall–Kier alpha value is -1.41. The molecule has 2 heterocycles. The van der Waals surface area contributed by atoms with Gasteiger partial charge in [0.2, 0.25) is 0 Å². The van der Waals surface area contributed by atoms with Gasteiger partial charge in [0.05, 0.1) is 21.7 Å². The maximum Gasteiger partial charge on any atom is 0.277 e. The van der Waals surface area contributed by atoms with Gasteiger partial charge in [-0.2, -0.15) is 0 Å². The van der Waals surface area contributed by atoms with E-state index < -0.39 is 17.5 Å². The van der Waals surface area contributed by atoms with Crippen molar-refractivity contribution >= 4 is 33.2 Å². The van der Waals surface area contributed by atoms with Crippen molar-refractivity contribution in [3.8, 4) is 11.3 Å². The maximum absolute atomic E-state index is 13.5. The fourth-order valence-corrected chi connectivity index (χ4v) is 2.60. The van der Waals surface area contributed by atoms with E-state index in [-0.39, 0.29) is 16.3 Å². The summed E-state index contributed by atoms with van der Waals surface area (Å²) >= 11 is 4.00. The maximum atomic E-state index is 13.5. The van der Waals surface area contributed by atoms with E-state index in [0.717, 1.165) is 23.7 Å². The second-order valence-corrected chi connectivity index (χ2v) is 5.30. The number of amides is 1. The van der Waals surface area contributed by atoms with Crippen molar-refractivity contribution in [2.75, 3.05) is 0 Å². The molecule has 0 fully saturated rings. The summed E-state index contributed by atoms with van der Waals surface area (Å²) in [4.78, 5) is 18.1. The van der Waals surface area contributed by atoms with Crippen molar-refractivity contribution in [2.45, 2.75) is 0 Å². The molecule has 2 aromatic heterocycles. The predicted octanol–water partition coefficient (Wildman–Crippen LogP) is 2.34. The van der Waals surface area contributed by atoms with Crippen molar-refractivity contribution in [3.63, 3.8) is 0 Å². The monoisotopic (exact) mass is 319 g/mol. The zero-order valence-corrected chi connectivity index (χ0v) is 10.5. The topological polar surface area (TPSA) is 68.9 Å². The fourth-order valence-electron chi connectivity index (χ4n) is 1.20. The Bertz CT molecular complexity index is 582. The van der Waals surface area contributed by atoms with Gasteiger partial charge in [0, 0.05) is 0 Å². The molecule has 0 saturated carbocycles. The van der Waals surface area contributed by atoms with Crippen LogP contribution >= 0.6 is 27.3 Å². The standard InChI is InChI=1S/C9H4BrF2N3OS/c10-7-6(15-9(17-7)8(13)16)5-3(11)1-14-2-4(5)12/h1-2H,(H2,13,16). The van der Waals surface area contributed by atoms with E-state index in [9.17, 15) is 13.6 Å². The van der Waals surface area contributed by atoms with Crippen LogP contribution in [-0.2, 0) is 0 Å². The third kappa shape index (κ3) is 2.18. The molecule has 2 rings (SSSR count). The van der Waals surface area contributed by atoms with Crippen LogP contribution in [0.4, 0.5) is 8.78 Å². The second kappa shape index (κ2) is 4.46. The van der Waals surface area contributed by atoms with Crippen LogP contribution < -0.4 is 5.73 Å². The number of primary amides is 1. The molecule has 0 spiro atoms. The summed E-state index contributed by atoms with van der Waals surface area (Å²) in [5.74, 6) is -2.46. The van der Waals surface area contributed by atoms with E-state index in [2.05, 4.69) is 25.9 Å². The van der Waals surface area contributed by atoms with Gasteiger partial charge < -0.3 is 5.73 Å². The van der Waals surface area contributed by atoms with Gasteiger partial charge in [-0.3, -0.25) is 9.78 Å². The average Bonchev–Trinajstić information content (AvgIpc) is 2.61. The largest absolute Gasteiger partial charge is 0.364 e. The summed E-state index contributed by atoms with van der Waals surface area (Å²) in [6.45, 7) is 0. The van der Waals surface area contributed by atoms with Crippen LogP contribution in [0.1, 0.15) is 9.80 Å². The van der Waals surface area contributed by atoms with Crippen LogP contribution in [0.3, 0.4) is 0 Å². The van der Waals surface area contributed by atoms with Crippen molar-refractivity contribution in [1.29, 1.82) is 0 Å². The van der Waals surface area contributed by atoms with Crippen molar-refractivity contribution in [1.82, 2.24) is 9.97 Å². The number of rotatable bonds is 2. The van der Waals surface area contributed by atoms with Crippen molar-refractivity contribution < 1.29 is 13.6 Å². The van der Waals surface area contributed by atoms with Crippen LogP contribution in [0.5, 0.6) is 0 Å². The van der Waals surface area contributed by atoms with Gasteiger partial charge in [0.1, 0.15) is 5.69 Å². The lowest BCUT2D eigenvalue weighted by Gasteiger charge is -2.00. The molecule has 0 bridgehead atoms. The highest BCUT2D eigenvalue weighted by atomic mass is 79.9. The average molecular weight is 320 g/mol. The number of pyridine rings is 1. The molecule has 0 aromatic carbocycles. The second-order valence-electron chi connectivity index (χ2n) is 2.98. The van der Waals surface area contributed by atoms with E-state index in [1.54, 1.807) is 0 Å². The number of nitrogens with zero attached hydrogens (tertiary/aromatic N) is 2. The first-order valence-electron chi connectivity index (χ1n) is 4.26. The van der Waals surface area contributed by atoms with E-state index in [0.29, 0.717) is 3.79 Å². The van der Waals surface area contributed by atoms with Crippen molar-refractivity contribution in [2.24, 2.45) is 5.73 Å². The number of nitrogens with two attached hydrogens (primary N) is 1. The Balaban J connectivity index is 2.64. The van der Waals surface area contributed by atoms with Gasteiger partial charge in [-0.15, -0.1) is 11.3 Å². The van der Waals surface area contributed by atoms with Crippen LogP contribution in [0, 0.1) is 11.6 Å². The van der Waals surface area contributed by atoms with Crippen LogP contribution in [-0.4, -0.2) is 15.9 Å². The summed E-state index contributed by atoms with van der Waals surface area (Å²) in [7, 11) is 0. The lowest BCUT2D eigenvalue weighted by atomic mass is 10.2. The smallest absolute Gasteiger partial charge is 0.277 e.